The summed E-state index contributed by atoms with van der Waals surface area (Å²) in [5, 5.41) is 9.03. The van der Waals surface area contributed by atoms with E-state index >= 15 is 0 Å². The van der Waals surface area contributed by atoms with Gasteiger partial charge in [-0.15, -0.1) is 0 Å². The van der Waals surface area contributed by atoms with E-state index in [4.69, 9.17) is 5.11 Å². The molecular formula is C14H15BrO3. The number of rotatable bonds is 3. The molecule has 3 nitrogen and oxygen atoms in total. The highest BCUT2D eigenvalue weighted by atomic mass is 79.9. The number of benzene rings is 1. The standard InChI is InChI=1S/C14H15BrO3/c15-12-6-4-9(5-7-12)13(16)10-2-1-3-11(8-10)14(17)18/h4-7,10-11H,1-3,8H2,(H,17,18). The maximum Gasteiger partial charge on any atom is 0.306 e. The number of hydrogen-bond donors (Lipinski definition) is 1. The Hall–Kier alpha value is -1.16. The molecule has 0 aromatic heterocycles. The van der Waals surface area contributed by atoms with Crippen molar-refractivity contribution in [3.05, 3.63) is 34.3 Å². The van der Waals surface area contributed by atoms with Crippen LogP contribution in [-0.4, -0.2) is 16.9 Å². The molecular weight excluding hydrogens is 296 g/mol. The van der Waals surface area contributed by atoms with E-state index in [-0.39, 0.29) is 17.6 Å². The average Bonchev–Trinajstić information content (AvgIpc) is 2.39. The Bertz CT molecular complexity index is 453. The molecule has 0 heterocycles. The first-order valence-corrected chi connectivity index (χ1v) is 6.90. The zero-order chi connectivity index (χ0) is 13.1. The molecule has 1 aliphatic carbocycles. The van der Waals surface area contributed by atoms with Gasteiger partial charge >= 0.3 is 5.97 Å². The van der Waals surface area contributed by atoms with Crippen LogP contribution < -0.4 is 0 Å². The van der Waals surface area contributed by atoms with E-state index in [2.05, 4.69) is 15.9 Å². The first-order valence-electron chi connectivity index (χ1n) is 6.10. The molecule has 1 aromatic carbocycles. The summed E-state index contributed by atoms with van der Waals surface area (Å²) in [6.07, 6.45) is 2.80. The van der Waals surface area contributed by atoms with Gasteiger partial charge < -0.3 is 5.11 Å². The van der Waals surface area contributed by atoms with E-state index in [1.807, 2.05) is 12.1 Å². The summed E-state index contributed by atoms with van der Waals surface area (Å²) in [5.41, 5.74) is 0.675. The van der Waals surface area contributed by atoms with Crippen LogP contribution in [0, 0.1) is 11.8 Å². The van der Waals surface area contributed by atoms with E-state index in [1.54, 1.807) is 12.1 Å². The minimum Gasteiger partial charge on any atom is -0.481 e. The second-order valence-corrected chi connectivity index (χ2v) is 5.69. The number of carbonyl (C=O) groups excluding carboxylic acids is 1. The minimum absolute atomic E-state index is 0.0773. The fourth-order valence-electron chi connectivity index (χ4n) is 2.50. The molecule has 0 radical (unpaired) electrons. The van der Waals surface area contributed by atoms with Crippen LogP contribution in [-0.2, 0) is 4.79 Å². The van der Waals surface area contributed by atoms with Gasteiger partial charge in [0.15, 0.2) is 5.78 Å². The molecule has 2 rings (SSSR count). The van der Waals surface area contributed by atoms with Crippen molar-refractivity contribution in [1.29, 1.82) is 0 Å². The lowest BCUT2D eigenvalue weighted by atomic mass is 9.78. The fourth-order valence-corrected chi connectivity index (χ4v) is 2.77. The topological polar surface area (TPSA) is 54.4 Å². The number of carboxylic acid groups (broad SMARTS) is 1. The molecule has 1 aromatic rings. The third-order valence-electron chi connectivity index (χ3n) is 3.52. The molecule has 2 unspecified atom stereocenters. The van der Waals surface area contributed by atoms with Gasteiger partial charge in [0.1, 0.15) is 0 Å². The number of carboxylic acids is 1. The highest BCUT2D eigenvalue weighted by molar-refractivity contribution is 9.10. The predicted molar refractivity (Wildman–Crippen MR) is 71.6 cm³/mol. The summed E-state index contributed by atoms with van der Waals surface area (Å²) in [4.78, 5) is 23.3. The Morgan fingerprint density at radius 2 is 1.72 bits per heavy atom. The van der Waals surface area contributed by atoms with Gasteiger partial charge in [0, 0.05) is 16.0 Å². The van der Waals surface area contributed by atoms with Gasteiger partial charge in [-0.2, -0.15) is 0 Å². The number of carbonyl (C=O) groups is 2. The Kier molecular flexibility index (Phi) is 4.17. The third kappa shape index (κ3) is 2.99. The molecule has 0 bridgehead atoms. The summed E-state index contributed by atoms with van der Waals surface area (Å²) in [7, 11) is 0. The summed E-state index contributed by atoms with van der Waals surface area (Å²) < 4.78 is 0.936. The second kappa shape index (κ2) is 5.65. The van der Waals surface area contributed by atoms with Gasteiger partial charge in [-0.3, -0.25) is 9.59 Å². The van der Waals surface area contributed by atoms with Crippen molar-refractivity contribution in [3.8, 4) is 0 Å². The van der Waals surface area contributed by atoms with Gasteiger partial charge in [0.05, 0.1) is 5.92 Å². The van der Waals surface area contributed by atoms with Gasteiger partial charge in [-0.05, 0) is 31.4 Å². The first-order chi connectivity index (χ1) is 8.58. The van der Waals surface area contributed by atoms with Crippen LogP contribution >= 0.6 is 15.9 Å². The lowest BCUT2D eigenvalue weighted by Crippen LogP contribution is -2.27. The Labute approximate surface area is 114 Å². The van der Waals surface area contributed by atoms with Crippen LogP contribution in [0.1, 0.15) is 36.0 Å². The molecule has 4 heteroatoms. The van der Waals surface area contributed by atoms with Crippen molar-refractivity contribution in [3.63, 3.8) is 0 Å². The van der Waals surface area contributed by atoms with Crippen molar-refractivity contribution >= 4 is 27.7 Å². The predicted octanol–water partition coefficient (Wildman–Crippen LogP) is 3.52. The van der Waals surface area contributed by atoms with E-state index in [0.717, 1.165) is 17.3 Å². The maximum atomic E-state index is 12.3. The summed E-state index contributed by atoms with van der Waals surface area (Å²) in [6.45, 7) is 0. The molecule has 0 saturated heterocycles. The smallest absolute Gasteiger partial charge is 0.306 e. The molecule has 1 aliphatic rings. The van der Waals surface area contributed by atoms with E-state index in [1.165, 1.54) is 0 Å². The van der Waals surface area contributed by atoms with Crippen LogP contribution in [0.4, 0.5) is 0 Å². The molecule has 0 aliphatic heterocycles. The van der Waals surface area contributed by atoms with Crippen LogP contribution in [0.2, 0.25) is 0 Å². The van der Waals surface area contributed by atoms with Crippen LogP contribution in [0.25, 0.3) is 0 Å². The van der Waals surface area contributed by atoms with Crippen molar-refractivity contribution in [1.82, 2.24) is 0 Å². The molecule has 0 spiro atoms. The zero-order valence-electron chi connectivity index (χ0n) is 9.93. The molecule has 18 heavy (non-hydrogen) atoms. The summed E-state index contributed by atoms with van der Waals surface area (Å²) in [5.74, 6) is -1.19. The normalized spacial score (nSPS) is 23.6. The molecule has 1 saturated carbocycles. The molecule has 96 valence electrons. The quantitative estimate of drug-likeness (QED) is 0.869. The number of hydrogen-bond acceptors (Lipinski definition) is 2. The van der Waals surface area contributed by atoms with Crippen LogP contribution in [0.5, 0.6) is 0 Å². The van der Waals surface area contributed by atoms with E-state index in [0.29, 0.717) is 18.4 Å². The molecule has 2 atom stereocenters. The van der Waals surface area contributed by atoms with Gasteiger partial charge in [-0.1, -0.05) is 34.5 Å². The number of Topliss-reactive ketones (excluding diaryl/α,β-unsaturated/α-hetero) is 1. The monoisotopic (exact) mass is 310 g/mol. The second-order valence-electron chi connectivity index (χ2n) is 4.77. The van der Waals surface area contributed by atoms with E-state index < -0.39 is 5.97 Å². The minimum atomic E-state index is -0.775. The zero-order valence-corrected chi connectivity index (χ0v) is 11.5. The molecule has 0 amide bonds. The number of halogens is 1. The summed E-state index contributed by atoms with van der Waals surface area (Å²) >= 11 is 3.33. The first kappa shape index (κ1) is 13.3. The van der Waals surface area contributed by atoms with Crippen molar-refractivity contribution < 1.29 is 14.7 Å². The number of aliphatic carboxylic acids is 1. The van der Waals surface area contributed by atoms with Gasteiger partial charge in [0.25, 0.3) is 0 Å². The average molecular weight is 311 g/mol. The number of ketones is 1. The third-order valence-corrected chi connectivity index (χ3v) is 4.05. The van der Waals surface area contributed by atoms with Crippen LogP contribution in [0.3, 0.4) is 0 Å². The lowest BCUT2D eigenvalue weighted by molar-refractivity contribution is -0.143. The van der Waals surface area contributed by atoms with E-state index in [9.17, 15) is 9.59 Å². The highest BCUT2D eigenvalue weighted by Crippen LogP contribution is 2.31. The molecule has 1 N–H and O–H groups in total. The van der Waals surface area contributed by atoms with Crippen molar-refractivity contribution in [2.45, 2.75) is 25.7 Å². The fraction of sp³-hybridized carbons (Fsp3) is 0.429. The Balaban J connectivity index is 2.09. The molecule has 1 fully saturated rings. The van der Waals surface area contributed by atoms with Crippen molar-refractivity contribution in [2.24, 2.45) is 11.8 Å². The maximum absolute atomic E-state index is 12.3. The van der Waals surface area contributed by atoms with Crippen LogP contribution in [0.15, 0.2) is 28.7 Å². The van der Waals surface area contributed by atoms with Crippen molar-refractivity contribution in [2.75, 3.05) is 0 Å². The largest absolute Gasteiger partial charge is 0.481 e. The Morgan fingerprint density at radius 1 is 1.11 bits per heavy atom. The SMILES string of the molecule is O=C(O)C1CCCC(C(=O)c2ccc(Br)cc2)C1. The van der Waals surface area contributed by atoms with Gasteiger partial charge in [0.2, 0.25) is 0 Å². The Morgan fingerprint density at radius 3 is 2.33 bits per heavy atom. The lowest BCUT2D eigenvalue weighted by Gasteiger charge is -2.25. The van der Waals surface area contributed by atoms with Gasteiger partial charge in [-0.25, -0.2) is 0 Å². The highest BCUT2D eigenvalue weighted by Gasteiger charge is 2.31. The summed E-state index contributed by atoms with van der Waals surface area (Å²) in [6, 6.07) is 7.25.